The molecule has 3 rings (SSSR count). The fourth-order valence-electron chi connectivity index (χ4n) is 3.51. The first kappa shape index (κ1) is 22.1. The second kappa shape index (κ2) is 9.50. The summed E-state index contributed by atoms with van der Waals surface area (Å²) in [5.41, 5.74) is 0.944. The maximum Gasteiger partial charge on any atom is 0.304 e. The molecule has 0 saturated carbocycles. The number of benzene rings is 1. The van der Waals surface area contributed by atoms with Crippen LogP contribution in [0.5, 0.6) is 5.75 Å². The molecule has 166 valence electrons. The van der Waals surface area contributed by atoms with Crippen molar-refractivity contribution < 1.29 is 19.1 Å². The summed E-state index contributed by atoms with van der Waals surface area (Å²) in [5.74, 6) is 0.379. The van der Waals surface area contributed by atoms with E-state index in [0.29, 0.717) is 31.1 Å². The van der Waals surface area contributed by atoms with Crippen LogP contribution in [0.25, 0.3) is 0 Å². The van der Waals surface area contributed by atoms with E-state index in [0.717, 1.165) is 17.7 Å². The highest BCUT2D eigenvalue weighted by Crippen LogP contribution is 2.35. The van der Waals surface area contributed by atoms with Crippen molar-refractivity contribution in [3.63, 3.8) is 0 Å². The van der Waals surface area contributed by atoms with Crippen molar-refractivity contribution in [2.24, 2.45) is 0 Å². The molecule has 31 heavy (non-hydrogen) atoms. The van der Waals surface area contributed by atoms with E-state index in [1.165, 1.54) is 13.8 Å². The van der Waals surface area contributed by atoms with Gasteiger partial charge in [0, 0.05) is 26.8 Å². The molecule has 0 fully saturated rings. The fourth-order valence-corrected chi connectivity index (χ4v) is 3.51. The second-order valence-corrected chi connectivity index (χ2v) is 7.28. The number of esters is 1. The zero-order valence-corrected chi connectivity index (χ0v) is 18.1. The number of anilines is 3. The number of carbonyl (C=O) groups excluding carboxylic acids is 2. The third-order valence-electron chi connectivity index (χ3n) is 4.80. The van der Waals surface area contributed by atoms with Crippen molar-refractivity contribution in [1.82, 2.24) is 9.97 Å². The van der Waals surface area contributed by atoms with Crippen LogP contribution in [0, 0.1) is 0 Å². The molecule has 2 N–H and O–H groups in total. The molecule has 1 aromatic carbocycles. The Balaban J connectivity index is 2.00. The minimum Gasteiger partial charge on any atom is -0.497 e. The maximum absolute atomic E-state index is 12.9. The van der Waals surface area contributed by atoms with Crippen LogP contribution in [0.3, 0.4) is 0 Å². The van der Waals surface area contributed by atoms with Crippen LogP contribution in [0.1, 0.15) is 39.2 Å². The number of fused-ring (bicyclic) bond motifs is 1. The fraction of sp³-hybridized carbons (Fsp3) is 0.429. The lowest BCUT2D eigenvalue weighted by atomic mass is 10.2. The van der Waals surface area contributed by atoms with E-state index < -0.39 is 12.2 Å². The van der Waals surface area contributed by atoms with E-state index in [1.54, 1.807) is 12.0 Å². The molecule has 1 aliphatic heterocycles. The van der Waals surface area contributed by atoms with Crippen LogP contribution in [0.15, 0.2) is 29.1 Å². The van der Waals surface area contributed by atoms with Crippen LogP contribution in [-0.4, -0.2) is 41.9 Å². The van der Waals surface area contributed by atoms with Gasteiger partial charge in [-0.05, 0) is 17.7 Å². The SMILES string of the molecule is CCCC(OC(C)=O)N1CN(Cc2ccc(OC)cc2)c2c1nc(NC(C)=O)[nH]c2=O. The normalized spacial score (nSPS) is 13.5. The summed E-state index contributed by atoms with van der Waals surface area (Å²) < 4.78 is 10.7. The van der Waals surface area contributed by atoms with Gasteiger partial charge in [0.15, 0.2) is 12.0 Å². The molecular formula is C21H27N5O5. The zero-order chi connectivity index (χ0) is 22.5. The summed E-state index contributed by atoms with van der Waals surface area (Å²) in [6.45, 7) is 5.41. The zero-order valence-electron chi connectivity index (χ0n) is 18.1. The molecular weight excluding hydrogens is 402 g/mol. The topological polar surface area (TPSA) is 117 Å². The quantitative estimate of drug-likeness (QED) is 0.614. The number of rotatable bonds is 8. The summed E-state index contributed by atoms with van der Waals surface area (Å²) in [6.07, 6.45) is 0.755. The summed E-state index contributed by atoms with van der Waals surface area (Å²) in [4.78, 5) is 46.8. The van der Waals surface area contributed by atoms with E-state index in [2.05, 4.69) is 15.3 Å². The number of hydrogen-bond donors (Lipinski definition) is 2. The first-order valence-corrected chi connectivity index (χ1v) is 10.1. The van der Waals surface area contributed by atoms with Crippen LogP contribution < -0.4 is 25.4 Å². The average Bonchev–Trinajstić information content (AvgIpc) is 3.06. The van der Waals surface area contributed by atoms with E-state index >= 15 is 0 Å². The predicted molar refractivity (Wildman–Crippen MR) is 116 cm³/mol. The molecule has 10 heteroatoms. The highest BCUT2D eigenvalue weighted by molar-refractivity contribution is 5.87. The highest BCUT2D eigenvalue weighted by atomic mass is 16.6. The van der Waals surface area contributed by atoms with Gasteiger partial charge in [0.05, 0.1) is 13.8 Å². The third kappa shape index (κ3) is 5.14. The number of amides is 1. The number of nitrogens with zero attached hydrogens (tertiary/aromatic N) is 3. The summed E-state index contributed by atoms with van der Waals surface area (Å²) in [6, 6.07) is 7.55. The van der Waals surface area contributed by atoms with E-state index in [-0.39, 0.29) is 17.4 Å². The molecule has 1 aromatic heterocycles. The first-order chi connectivity index (χ1) is 14.8. The molecule has 10 nitrogen and oxygen atoms in total. The molecule has 0 aliphatic carbocycles. The third-order valence-corrected chi connectivity index (χ3v) is 4.80. The van der Waals surface area contributed by atoms with Crippen molar-refractivity contribution in [2.75, 3.05) is 28.9 Å². The van der Waals surface area contributed by atoms with Crippen LogP contribution >= 0.6 is 0 Å². The van der Waals surface area contributed by atoms with Gasteiger partial charge in [-0.25, -0.2) is 0 Å². The molecule has 0 radical (unpaired) electrons. The molecule has 0 saturated heterocycles. The standard InChI is InChI=1S/C21H27N5O5/c1-5-6-17(31-14(3)28)26-12-25(11-15-7-9-16(30-4)10-8-15)18-19(26)23-21(22-13(2)27)24-20(18)29/h7-10,17H,5-6,11-12H2,1-4H3,(H2,22,23,24,27,29). The largest absolute Gasteiger partial charge is 0.497 e. The van der Waals surface area contributed by atoms with Gasteiger partial charge in [-0.3, -0.25) is 24.7 Å². The monoisotopic (exact) mass is 429 g/mol. The predicted octanol–water partition coefficient (Wildman–Crippen LogP) is 2.21. The lowest BCUT2D eigenvalue weighted by Crippen LogP contribution is -2.41. The maximum atomic E-state index is 12.9. The summed E-state index contributed by atoms with van der Waals surface area (Å²) in [5, 5.41) is 2.51. The Morgan fingerprint density at radius 2 is 1.97 bits per heavy atom. The van der Waals surface area contributed by atoms with Gasteiger partial charge in [-0.1, -0.05) is 25.5 Å². The van der Waals surface area contributed by atoms with Crippen LogP contribution in [-0.2, 0) is 20.9 Å². The number of ether oxygens (including phenoxy) is 2. The second-order valence-electron chi connectivity index (χ2n) is 7.28. The van der Waals surface area contributed by atoms with Gasteiger partial charge in [0.2, 0.25) is 11.9 Å². The summed E-state index contributed by atoms with van der Waals surface area (Å²) in [7, 11) is 1.60. The number of aromatic nitrogens is 2. The van der Waals surface area contributed by atoms with Crippen molar-refractivity contribution in [3.05, 3.63) is 40.2 Å². The van der Waals surface area contributed by atoms with Gasteiger partial charge in [-0.2, -0.15) is 4.98 Å². The lowest BCUT2D eigenvalue weighted by molar-refractivity contribution is -0.146. The number of aromatic amines is 1. The van der Waals surface area contributed by atoms with Gasteiger partial charge in [0.1, 0.15) is 11.4 Å². The van der Waals surface area contributed by atoms with Gasteiger partial charge < -0.3 is 19.3 Å². The van der Waals surface area contributed by atoms with E-state index in [4.69, 9.17) is 9.47 Å². The molecule has 1 unspecified atom stereocenters. The molecule has 2 aromatic rings. The van der Waals surface area contributed by atoms with Gasteiger partial charge in [-0.15, -0.1) is 0 Å². The molecule has 0 bridgehead atoms. The molecule has 0 spiro atoms. The Bertz CT molecular complexity index is 1000. The molecule has 1 atom stereocenters. The number of carbonyl (C=O) groups is 2. The van der Waals surface area contributed by atoms with Crippen LogP contribution in [0.2, 0.25) is 0 Å². The minimum absolute atomic E-state index is 0.0469. The number of nitrogens with one attached hydrogen (secondary N) is 2. The number of H-pyrrole nitrogens is 1. The van der Waals surface area contributed by atoms with Crippen molar-refractivity contribution in [3.8, 4) is 5.75 Å². The minimum atomic E-state index is -0.582. The molecule has 1 aliphatic rings. The first-order valence-electron chi connectivity index (χ1n) is 10.1. The average molecular weight is 429 g/mol. The number of methoxy groups -OCH3 is 1. The Morgan fingerprint density at radius 3 is 2.55 bits per heavy atom. The Labute approximate surface area is 180 Å². The lowest BCUT2D eigenvalue weighted by Gasteiger charge is -2.29. The molecule has 1 amide bonds. The molecule has 2 heterocycles. The van der Waals surface area contributed by atoms with E-state index in [1.807, 2.05) is 36.1 Å². The highest BCUT2D eigenvalue weighted by Gasteiger charge is 2.36. The van der Waals surface area contributed by atoms with E-state index in [9.17, 15) is 14.4 Å². The Kier molecular flexibility index (Phi) is 6.78. The Morgan fingerprint density at radius 1 is 1.26 bits per heavy atom. The number of hydrogen-bond acceptors (Lipinski definition) is 8. The summed E-state index contributed by atoms with van der Waals surface area (Å²) >= 11 is 0. The Hall–Kier alpha value is -3.56. The van der Waals surface area contributed by atoms with Crippen LogP contribution in [0.4, 0.5) is 17.5 Å². The van der Waals surface area contributed by atoms with Crippen molar-refractivity contribution in [1.29, 1.82) is 0 Å². The van der Waals surface area contributed by atoms with Gasteiger partial charge >= 0.3 is 5.97 Å². The van der Waals surface area contributed by atoms with Crippen molar-refractivity contribution in [2.45, 2.75) is 46.4 Å². The van der Waals surface area contributed by atoms with Gasteiger partial charge in [0.25, 0.3) is 5.56 Å². The van der Waals surface area contributed by atoms with Crippen molar-refractivity contribution >= 4 is 29.3 Å². The smallest absolute Gasteiger partial charge is 0.304 e.